The molecule has 0 fully saturated rings. The van der Waals surface area contributed by atoms with Crippen molar-refractivity contribution in [3.05, 3.63) is 54.3 Å². The van der Waals surface area contributed by atoms with Gasteiger partial charge in [0.1, 0.15) is 5.82 Å². The van der Waals surface area contributed by atoms with E-state index in [0.717, 1.165) is 4.57 Å². The van der Waals surface area contributed by atoms with Crippen molar-refractivity contribution in [2.45, 2.75) is 6.80 Å². The van der Waals surface area contributed by atoms with Crippen LogP contribution in [-0.2, 0) is 6.80 Å². The lowest BCUT2D eigenvalue weighted by Crippen LogP contribution is -2.21. The summed E-state index contributed by atoms with van der Waals surface area (Å²) in [5.41, 5.74) is 3.56. The van der Waals surface area contributed by atoms with Gasteiger partial charge in [-0.15, -0.1) is 0 Å². The third-order valence-corrected chi connectivity index (χ3v) is 2.39. The van der Waals surface area contributed by atoms with Crippen molar-refractivity contribution in [2.24, 2.45) is 0 Å². The van der Waals surface area contributed by atoms with Crippen molar-refractivity contribution in [3.63, 3.8) is 0 Å². The third kappa shape index (κ3) is 4.50. The number of aromatic nitrogens is 4. The number of nitrogen functional groups attached to an aromatic ring is 1. The molecule has 0 saturated carbocycles. The van der Waals surface area contributed by atoms with Crippen LogP contribution in [-0.4, -0.2) is 19.5 Å². The van der Waals surface area contributed by atoms with Gasteiger partial charge >= 0.3 is 11.4 Å². The molecular weight excluding hydrogens is 325 g/mol. The molecule has 0 atom stereocenters. The highest BCUT2D eigenvalue weighted by atomic mass is 79.9. The van der Waals surface area contributed by atoms with E-state index < -0.39 is 23.7 Å². The SMILES string of the molecule is Nc1ccn(CF)c(=O)n1.O=c1[nH]cc(Br)c(=O)[nH]1. The fraction of sp³-hybridized carbons (Fsp3) is 0.111. The van der Waals surface area contributed by atoms with Crippen LogP contribution in [0.2, 0.25) is 0 Å². The van der Waals surface area contributed by atoms with Gasteiger partial charge in [-0.25, -0.2) is 14.0 Å². The van der Waals surface area contributed by atoms with Gasteiger partial charge in [-0.2, -0.15) is 4.98 Å². The van der Waals surface area contributed by atoms with Crippen LogP contribution >= 0.6 is 15.9 Å². The van der Waals surface area contributed by atoms with E-state index in [1.807, 2.05) is 4.98 Å². The largest absolute Gasteiger partial charge is 0.383 e. The highest BCUT2D eigenvalue weighted by Crippen LogP contribution is 1.93. The Labute approximate surface area is 113 Å². The average molecular weight is 334 g/mol. The molecule has 10 heteroatoms. The van der Waals surface area contributed by atoms with Gasteiger partial charge in [0.05, 0.1) is 4.47 Å². The summed E-state index contributed by atoms with van der Waals surface area (Å²) in [5.74, 6) is 0.106. The molecular formula is C9H9BrFN5O3. The molecule has 0 aliphatic carbocycles. The van der Waals surface area contributed by atoms with Crippen molar-refractivity contribution >= 4 is 21.7 Å². The van der Waals surface area contributed by atoms with Gasteiger partial charge in [-0.05, 0) is 22.0 Å². The number of alkyl halides is 1. The Morgan fingerprint density at radius 3 is 2.58 bits per heavy atom. The molecule has 2 rings (SSSR count). The quantitative estimate of drug-likeness (QED) is 0.653. The van der Waals surface area contributed by atoms with Crippen LogP contribution in [0.1, 0.15) is 0 Å². The number of anilines is 1. The average Bonchev–Trinajstić information content (AvgIpc) is 2.35. The number of hydrogen-bond donors (Lipinski definition) is 3. The molecule has 0 aromatic carbocycles. The smallest absolute Gasteiger partial charge is 0.351 e. The zero-order chi connectivity index (χ0) is 14.4. The van der Waals surface area contributed by atoms with E-state index in [2.05, 4.69) is 25.9 Å². The minimum Gasteiger partial charge on any atom is -0.383 e. The minimum atomic E-state index is -0.869. The van der Waals surface area contributed by atoms with Crippen molar-refractivity contribution in [3.8, 4) is 0 Å². The minimum absolute atomic E-state index is 0.106. The first-order valence-corrected chi connectivity index (χ1v) is 5.59. The zero-order valence-corrected chi connectivity index (χ0v) is 11.0. The van der Waals surface area contributed by atoms with E-state index in [-0.39, 0.29) is 5.82 Å². The van der Waals surface area contributed by atoms with Crippen LogP contribution in [0.5, 0.6) is 0 Å². The first kappa shape index (κ1) is 14.8. The van der Waals surface area contributed by atoms with Crippen molar-refractivity contribution in [1.29, 1.82) is 0 Å². The maximum atomic E-state index is 11.8. The first-order valence-electron chi connectivity index (χ1n) is 4.80. The molecule has 2 aromatic heterocycles. The number of H-pyrrole nitrogens is 2. The van der Waals surface area contributed by atoms with Crippen molar-refractivity contribution in [2.75, 3.05) is 5.73 Å². The van der Waals surface area contributed by atoms with Gasteiger partial charge in [0.25, 0.3) is 5.56 Å². The topological polar surface area (TPSA) is 127 Å². The van der Waals surface area contributed by atoms with Crippen LogP contribution in [0.4, 0.5) is 10.2 Å². The van der Waals surface area contributed by atoms with Gasteiger partial charge in [-0.3, -0.25) is 14.3 Å². The Bertz CT molecular complexity index is 723. The normalized spacial score (nSPS) is 9.58. The molecule has 0 aliphatic heterocycles. The molecule has 0 aliphatic rings. The molecule has 0 spiro atoms. The molecule has 4 N–H and O–H groups in total. The van der Waals surface area contributed by atoms with Crippen LogP contribution in [0, 0.1) is 0 Å². The summed E-state index contributed by atoms with van der Waals surface area (Å²) in [6, 6.07) is 1.36. The second-order valence-corrected chi connectivity index (χ2v) is 4.00. The van der Waals surface area contributed by atoms with Crippen LogP contribution in [0.15, 0.2) is 37.3 Å². The third-order valence-electron chi connectivity index (χ3n) is 1.80. The predicted octanol–water partition coefficient (Wildman–Crippen LogP) is -0.422. The predicted molar refractivity (Wildman–Crippen MR) is 69.4 cm³/mol. The zero-order valence-electron chi connectivity index (χ0n) is 9.39. The summed E-state index contributed by atoms with van der Waals surface area (Å²) in [6.07, 6.45) is 2.55. The number of aromatic amines is 2. The van der Waals surface area contributed by atoms with Gasteiger partial charge in [0.2, 0.25) is 0 Å². The molecule has 2 aromatic rings. The van der Waals surface area contributed by atoms with E-state index in [1.165, 1.54) is 18.5 Å². The molecule has 0 saturated heterocycles. The van der Waals surface area contributed by atoms with E-state index in [9.17, 15) is 18.8 Å². The highest BCUT2D eigenvalue weighted by molar-refractivity contribution is 9.10. The van der Waals surface area contributed by atoms with E-state index in [0.29, 0.717) is 4.47 Å². The standard InChI is InChI=1S/C5H6FN3O.C4H3BrN2O2/c6-3-9-2-1-4(7)8-5(9)10;5-2-1-6-4(9)7-3(2)8/h1-2H,3H2,(H2,7,8,10);1H,(H2,6,7,8,9). The van der Waals surface area contributed by atoms with E-state index in [4.69, 9.17) is 5.73 Å². The highest BCUT2D eigenvalue weighted by Gasteiger charge is 1.94. The fourth-order valence-electron chi connectivity index (χ4n) is 0.926. The van der Waals surface area contributed by atoms with Crippen LogP contribution in [0.3, 0.4) is 0 Å². The van der Waals surface area contributed by atoms with Crippen molar-refractivity contribution in [1.82, 2.24) is 19.5 Å². The molecule has 2 heterocycles. The summed E-state index contributed by atoms with van der Waals surface area (Å²) in [6.45, 7) is -0.869. The van der Waals surface area contributed by atoms with Gasteiger partial charge in [-0.1, -0.05) is 0 Å². The van der Waals surface area contributed by atoms with Gasteiger partial charge in [0, 0.05) is 12.4 Å². The molecule has 8 nitrogen and oxygen atoms in total. The molecule has 19 heavy (non-hydrogen) atoms. The van der Waals surface area contributed by atoms with Crippen LogP contribution < -0.4 is 22.7 Å². The Balaban J connectivity index is 0.000000191. The number of nitrogens with zero attached hydrogens (tertiary/aromatic N) is 2. The van der Waals surface area contributed by atoms with Gasteiger partial charge < -0.3 is 10.7 Å². The number of rotatable bonds is 1. The summed E-state index contributed by atoms with van der Waals surface area (Å²) in [7, 11) is 0. The number of halogens is 2. The van der Waals surface area contributed by atoms with Gasteiger partial charge in [0.15, 0.2) is 6.80 Å². The monoisotopic (exact) mass is 333 g/mol. The number of hydrogen-bond acceptors (Lipinski definition) is 5. The lowest BCUT2D eigenvalue weighted by Gasteiger charge is -1.95. The second kappa shape index (κ2) is 6.64. The maximum Gasteiger partial charge on any atom is 0.351 e. The Kier molecular flexibility index (Phi) is 5.18. The van der Waals surface area contributed by atoms with E-state index >= 15 is 0 Å². The molecule has 0 radical (unpaired) electrons. The van der Waals surface area contributed by atoms with Crippen molar-refractivity contribution < 1.29 is 4.39 Å². The second-order valence-electron chi connectivity index (χ2n) is 3.14. The lowest BCUT2D eigenvalue weighted by atomic mass is 10.6. The summed E-state index contributed by atoms with van der Waals surface area (Å²) >= 11 is 2.92. The summed E-state index contributed by atoms with van der Waals surface area (Å²) in [4.78, 5) is 39.0. The van der Waals surface area contributed by atoms with Crippen LogP contribution in [0.25, 0.3) is 0 Å². The van der Waals surface area contributed by atoms with E-state index in [1.54, 1.807) is 0 Å². The fourth-order valence-corrected chi connectivity index (χ4v) is 1.14. The molecule has 0 unspecified atom stereocenters. The number of nitrogens with one attached hydrogen (secondary N) is 2. The molecule has 102 valence electrons. The molecule has 0 bridgehead atoms. The Hall–Kier alpha value is -2.23. The Morgan fingerprint density at radius 1 is 1.42 bits per heavy atom. The lowest BCUT2D eigenvalue weighted by molar-refractivity contribution is 0.365. The number of nitrogens with two attached hydrogens (primary N) is 1. The molecule has 0 amide bonds. The first-order chi connectivity index (χ1) is 8.93. The summed E-state index contributed by atoms with van der Waals surface area (Å²) in [5, 5.41) is 0. The Morgan fingerprint density at radius 2 is 2.11 bits per heavy atom. The summed E-state index contributed by atoms with van der Waals surface area (Å²) < 4.78 is 12.9. The maximum absolute atomic E-state index is 11.8.